The molecular formula is C15H23NO4S. The molecule has 0 heterocycles. The van der Waals surface area contributed by atoms with Gasteiger partial charge < -0.3 is 5.11 Å². The molecule has 1 aromatic rings. The number of sulfonamides is 1. The molecular weight excluding hydrogens is 290 g/mol. The van der Waals surface area contributed by atoms with Crippen molar-refractivity contribution in [3.8, 4) is 0 Å². The van der Waals surface area contributed by atoms with Gasteiger partial charge in [-0.1, -0.05) is 32.0 Å². The van der Waals surface area contributed by atoms with Crippen LogP contribution in [0, 0.1) is 18.8 Å². The Hall–Kier alpha value is -1.40. The summed E-state index contributed by atoms with van der Waals surface area (Å²) in [6.07, 6.45) is 0.636. The maximum absolute atomic E-state index is 12.3. The zero-order valence-corrected chi connectivity index (χ0v) is 13.5. The fourth-order valence-corrected chi connectivity index (χ4v) is 3.68. The number of carbonyl (C=O) groups is 1. The molecule has 0 aliphatic rings. The predicted octanol–water partition coefficient (Wildman–Crippen LogP) is 2.41. The number of aliphatic carboxylic acids is 1. The van der Waals surface area contributed by atoms with Gasteiger partial charge >= 0.3 is 5.97 Å². The van der Waals surface area contributed by atoms with Crippen LogP contribution < -0.4 is 4.72 Å². The van der Waals surface area contributed by atoms with Crippen molar-refractivity contribution >= 4 is 16.0 Å². The second-order valence-corrected chi connectivity index (χ2v) is 7.45. The molecule has 1 rings (SSSR count). The smallest absolute Gasteiger partial charge is 0.303 e. The lowest BCUT2D eigenvalue weighted by Gasteiger charge is -2.18. The zero-order valence-electron chi connectivity index (χ0n) is 12.7. The molecule has 118 valence electrons. The van der Waals surface area contributed by atoms with Crippen molar-refractivity contribution in [3.63, 3.8) is 0 Å². The summed E-state index contributed by atoms with van der Waals surface area (Å²) in [7, 11) is -3.60. The Morgan fingerprint density at radius 2 is 1.90 bits per heavy atom. The second kappa shape index (κ2) is 7.56. The fraction of sp³-hybridized carbons (Fsp3) is 0.533. The Bertz CT molecular complexity index is 581. The molecule has 0 radical (unpaired) electrons. The first-order chi connectivity index (χ1) is 9.72. The van der Waals surface area contributed by atoms with Crippen molar-refractivity contribution < 1.29 is 18.3 Å². The summed E-state index contributed by atoms with van der Waals surface area (Å²) in [5, 5.41) is 8.91. The molecule has 0 aliphatic carbocycles. The van der Waals surface area contributed by atoms with Crippen LogP contribution in [-0.4, -0.2) is 26.0 Å². The summed E-state index contributed by atoms with van der Waals surface area (Å²) >= 11 is 0. The fourth-order valence-electron chi connectivity index (χ4n) is 2.32. The molecule has 0 saturated heterocycles. The lowest BCUT2D eigenvalue weighted by Crippen LogP contribution is -2.31. The van der Waals surface area contributed by atoms with E-state index >= 15 is 0 Å². The second-order valence-electron chi connectivity index (χ2n) is 5.71. The van der Waals surface area contributed by atoms with Gasteiger partial charge in [0.1, 0.15) is 0 Å². The third kappa shape index (κ3) is 5.85. The van der Waals surface area contributed by atoms with E-state index in [0.29, 0.717) is 17.9 Å². The van der Waals surface area contributed by atoms with Crippen LogP contribution in [0.3, 0.4) is 0 Å². The number of hydrogen-bond acceptors (Lipinski definition) is 3. The van der Waals surface area contributed by atoms with Crippen LogP contribution in [0.1, 0.15) is 32.3 Å². The van der Waals surface area contributed by atoms with Gasteiger partial charge in [-0.05, 0) is 36.8 Å². The first-order valence-corrected chi connectivity index (χ1v) is 8.47. The highest BCUT2D eigenvalue weighted by Gasteiger charge is 2.20. The Morgan fingerprint density at radius 3 is 2.43 bits per heavy atom. The number of rotatable bonds is 8. The molecule has 1 atom stereocenters. The van der Waals surface area contributed by atoms with Crippen LogP contribution in [-0.2, 0) is 14.8 Å². The topological polar surface area (TPSA) is 83.5 Å². The van der Waals surface area contributed by atoms with Crippen LogP contribution in [0.2, 0.25) is 0 Å². The summed E-state index contributed by atoms with van der Waals surface area (Å²) in [4.78, 5) is 11.1. The van der Waals surface area contributed by atoms with Crippen molar-refractivity contribution in [1.29, 1.82) is 0 Å². The largest absolute Gasteiger partial charge is 0.481 e. The molecule has 1 unspecified atom stereocenters. The lowest BCUT2D eigenvalue weighted by atomic mass is 9.94. The Labute approximate surface area is 126 Å². The van der Waals surface area contributed by atoms with E-state index in [9.17, 15) is 13.2 Å². The molecule has 6 heteroatoms. The molecule has 0 aliphatic heterocycles. The van der Waals surface area contributed by atoms with E-state index in [1.54, 1.807) is 31.2 Å². The van der Waals surface area contributed by atoms with Gasteiger partial charge in [0.05, 0.1) is 4.90 Å². The molecule has 0 spiro atoms. The average Bonchev–Trinajstić information content (AvgIpc) is 2.35. The molecule has 0 bridgehead atoms. The van der Waals surface area contributed by atoms with E-state index in [1.807, 2.05) is 13.8 Å². The SMILES string of the molecule is Cc1ccccc1S(=O)(=O)NCC(CC(=O)O)CC(C)C. The van der Waals surface area contributed by atoms with Crippen LogP contribution in [0.5, 0.6) is 0 Å². The van der Waals surface area contributed by atoms with Gasteiger partial charge in [-0.3, -0.25) is 4.79 Å². The molecule has 2 N–H and O–H groups in total. The third-order valence-corrected chi connectivity index (χ3v) is 4.80. The van der Waals surface area contributed by atoms with Crippen LogP contribution >= 0.6 is 0 Å². The van der Waals surface area contributed by atoms with E-state index in [-0.39, 0.29) is 23.8 Å². The van der Waals surface area contributed by atoms with E-state index in [0.717, 1.165) is 0 Å². The van der Waals surface area contributed by atoms with Crippen molar-refractivity contribution in [1.82, 2.24) is 4.72 Å². The molecule has 0 fully saturated rings. The summed E-state index contributed by atoms with van der Waals surface area (Å²) < 4.78 is 27.1. The van der Waals surface area contributed by atoms with Gasteiger partial charge in [0.15, 0.2) is 0 Å². The van der Waals surface area contributed by atoms with Crippen molar-refractivity contribution in [2.45, 2.75) is 38.5 Å². The van der Waals surface area contributed by atoms with Crippen molar-refractivity contribution in [3.05, 3.63) is 29.8 Å². The van der Waals surface area contributed by atoms with Gasteiger partial charge in [-0.15, -0.1) is 0 Å². The van der Waals surface area contributed by atoms with Gasteiger partial charge in [0, 0.05) is 13.0 Å². The van der Waals surface area contributed by atoms with E-state index in [4.69, 9.17) is 5.11 Å². The standard InChI is InChI=1S/C15H23NO4S/c1-11(2)8-13(9-15(17)18)10-16-21(19,20)14-7-5-4-6-12(14)3/h4-7,11,13,16H,8-10H2,1-3H3,(H,17,18). The number of carboxylic acid groups (broad SMARTS) is 1. The monoisotopic (exact) mass is 313 g/mol. The van der Waals surface area contributed by atoms with E-state index < -0.39 is 16.0 Å². The maximum Gasteiger partial charge on any atom is 0.303 e. The Kier molecular flexibility index (Phi) is 6.36. The molecule has 0 amide bonds. The molecule has 1 aromatic carbocycles. The minimum Gasteiger partial charge on any atom is -0.481 e. The number of nitrogens with one attached hydrogen (secondary N) is 1. The van der Waals surface area contributed by atoms with Crippen LogP contribution in [0.4, 0.5) is 0 Å². The molecule has 0 aromatic heterocycles. The number of carboxylic acids is 1. The highest BCUT2D eigenvalue weighted by atomic mass is 32.2. The van der Waals surface area contributed by atoms with E-state index in [2.05, 4.69) is 4.72 Å². The van der Waals surface area contributed by atoms with E-state index in [1.165, 1.54) is 0 Å². The number of aryl methyl sites for hydroxylation is 1. The highest BCUT2D eigenvalue weighted by Crippen LogP contribution is 2.18. The summed E-state index contributed by atoms with van der Waals surface area (Å²) in [6.45, 7) is 5.86. The predicted molar refractivity (Wildman–Crippen MR) is 81.6 cm³/mol. The first kappa shape index (κ1) is 17.7. The maximum atomic E-state index is 12.3. The minimum atomic E-state index is -3.60. The Balaban J connectivity index is 2.78. The Morgan fingerprint density at radius 1 is 1.29 bits per heavy atom. The highest BCUT2D eigenvalue weighted by molar-refractivity contribution is 7.89. The zero-order chi connectivity index (χ0) is 16.0. The molecule has 5 nitrogen and oxygen atoms in total. The first-order valence-electron chi connectivity index (χ1n) is 6.99. The molecule has 0 saturated carbocycles. The van der Waals surface area contributed by atoms with Gasteiger partial charge in [0.25, 0.3) is 0 Å². The third-order valence-electron chi connectivity index (χ3n) is 3.21. The van der Waals surface area contributed by atoms with Crippen LogP contribution in [0.25, 0.3) is 0 Å². The summed E-state index contributed by atoms with van der Waals surface area (Å²) in [5.74, 6) is -0.797. The number of benzene rings is 1. The van der Waals surface area contributed by atoms with Gasteiger partial charge in [-0.2, -0.15) is 0 Å². The summed E-state index contributed by atoms with van der Waals surface area (Å²) in [6, 6.07) is 6.73. The quantitative estimate of drug-likeness (QED) is 0.772. The molecule has 21 heavy (non-hydrogen) atoms. The van der Waals surface area contributed by atoms with Gasteiger partial charge in [-0.25, -0.2) is 13.1 Å². The van der Waals surface area contributed by atoms with Crippen molar-refractivity contribution in [2.24, 2.45) is 11.8 Å². The van der Waals surface area contributed by atoms with Crippen molar-refractivity contribution in [2.75, 3.05) is 6.54 Å². The number of hydrogen-bond donors (Lipinski definition) is 2. The summed E-state index contributed by atoms with van der Waals surface area (Å²) in [5.41, 5.74) is 0.670. The minimum absolute atomic E-state index is 0.0333. The van der Waals surface area contributed by atoms with Gasteiger partial charge in [0.2, 0.25) is 10.0 Å². The lowest BCUT2D eigenvalue weighted by molar-refractivity contribution is -0.138. The average molecular weight is 313 g/mol. The van der Waals surface area contributed by atoms with Crippen LogP contribution in [0.15, 0.2) is 29.2 Å². The normalized spacial score (nSPS) is 13.3.